The molecule has 0 aliphatic rings. The predicted molar refractivity (Wildman–Crippen MR) is 65.7 cm³/mol. The van der Waals surface area contributed by atoms with E-state index in [9.17, 15) is 0 Å². The monoisotopic (exact) mass is 209 g/mol. The van der Waals surface area contributed by atoms with E-state index >= 15 is 0 Å². The molecule has 0 heterocycles. The van der Waals surface area contributed by atoms with Crippen LogP contribution in [0.2, 0.25) is 0 Å². The maximum atomic E-state index is 4.81. The Morgan fingerprint density at radius 1 is 1.14 bits per heavy atom. The Balaban J connectivity index is 2.76. The third kappa shape index (κ3) is 3.26. The van der Waals surface area contributed by atoms with Gasteiger partial charge in [-0.2, -0.15) is 0 Å². The molecule has 0 saturated heterocycles. The van der Waals surface area contributed by atoms with Crippen molar-refractivity contribution >= 4 is 10.7 Å². The zero-order valence-corrected chi connectivity index (χ0v) is 10.1. The van der Waals surface area contributed by atoms with Gasteiger partial charge in [-0.05, 0) is 12.5 Å². The summed E-state index contributed by atoms with van der Waals surface area (Å²) >= 11 is 0. The Labute approximate surface area is 89.6 Å². The van der Waals surface area contributed by atoms with Gasteiger partial charge in [-0.25, -0.2) is 0 Å². The van der Waals surface area contributed by atoms with E-state index in [0.717, 1.165) is 0 Å². The highest BCUT2D eigenvalue weighted by Gasteiger charge is 2.02. The normalized spacial score (nSPS) is 12.9. The average molecular weight is 209 g/mol. The second-order valence-corrected chi connectivity index (χ2v) is 5.52. The highest BCUT2D eigenvalue weighted by atomic mass is 32.2. The molecule has 0 saturated carbocycles. The maximum absolute atomic E-state index is 4.81. The molecule has 1 rings (SSSR count). The summed E-state index contributed by atoms with van der Waals surface area (Å²) in [6, 6.07) is 10.9. The molecule has 0 aromatic heterocycles. The lowest BCUT2D eigenvalue weighted by Crippen LogP contribution is -1.99. The summed E-state index contributed by atoms with van der Waals surface area (Å²) in [5.41, 5.74) is 1.33. The quantitative estimate of drug-likeness (QED) is 0.718. The Bertz CT molecular complexity index is 286. The Morgan fingerprint density at radius 3 is 2.21 bits per heavy atom. The lowest BCUT2D eigenvalue weighted by molar-refractivity contribution is 0.833. The third-order valence-electron chi connectivity index (χ3n) is 2.26. The zero-order valence-electron chi connectivity index (χ0n) is 9.23. The summed E-state index contributed by atoms with van der Waals surface area (Å²) in [6.07, 6.45) is 0. The molecule has 0 aliphatic carbocycles. The maximum Gasteiger partial charge on any atom is 0.0789 e. The fourth-order valence-electron chi connectivity index (χ4n) is 1.37. The number of benzene rings is 1. The molecule has 0 spiro atoms. The first-order chi connectivity index (χ1) is 6.77. The fraction of sp³-hybridized carbons (Fsp3) is 0.500. The molecule has 0 radical (unpaired) electrons. The van der Waals surface area contributed by atoms with Gasteiger partial charge in [0.2, 0.25) is 0 Å². The Kier molecular flexibility index (Phi) is 4.88. The van der Waals surface area contributed by atoms with Crippen molar-refractivity contribution < 1.29 is 0 Å². The molecule has 0 aliphatic heterocycles. The Morgan fingerprint density at radius 2 is 1.71 bits per heavy atom. The molecule has 14 heavy (non-hydrogen) atoms. The van der Waals surface area contributed by atoms with Crippen molar-refractivity contribution in [3.05, 3.63) is 35.9 Å². The minimum Gasteiger partial charge on any atom is -0.257 e. The molecule has 1 aromatic carbocycles. The number of rotatable bonds is 4. The van der Waals surface area contributed by atoms with Gasteiger partial charge in [-0.15, -0.1) is 10.7 Å². The van der Waals surface area contributed by atoms with Gasteiger partial charge in [-0.3, -0.25) is 4.36 Å². The van der Waals surface area contributed by atoms with Crippen LogP contribution in [0.5, 0.6) is 0 Å². The van der Waals surface area contributed by atoms with Crippen molar-refractivity contribution in [2.75, 3.05) is 11.5 Å². The Hall–Kier alpha value is -0.630. The van der Waals surface area contributed by atoms with Gasteiger partial charge < -0.3 is 0 Å². The minimum absolute atomic E-state index is 0.256. The van der Waals surface area contributed by atoms with Crippen molar-refractivity contribution in [2.24, 2.45) is 4.36 Å². The van der Waals surface area contributed by atoms with E-state index in [2.05, 4.69) is 51.1 Å². The van der Waals surface area contributed by atoms with Crippen LogP contribution in [0, 0.1) is 0 Å². The van der Waals surface area contributed by atoms with Crippen LogP contribution in [-0.4, -0.2) is 11.5 Å². The molecule has 78 valence electrons. The largest absolute Gasteiger partial charge is 0.257 e. The van der Waals surface area contributed by atoms with Crippen molar-refractivity contribution in [3.63, 3.8) is 0 Å². The van der Waals surface area contributed by atoms with E-state index in [4.69, 9.17) is 4.36 Å². The molecule has 1 unspecified atom stereocenters. The number of hydrogen-bond acceptors (Lipinski definition) is 1. The van der Waals surface area contributed by atoms with Gasteiger partial charge >= 0.3 is 0 Å². The van der Waals surface area contributed by atoms with Crippen LogP contribution >= 0.6 is 0 Å². The molecule has 0 bridgehead atoms. The molecule has 0 amide bonds. The lowest BCUT2D eigenvalue weighted by Gasteiger charge is -2.09. The first-order valence-corrected chi connectivity index (χ1v) is 6.73. The summed E-state index contributed by atoms with van der Waals surface area (Å²) in [7, 11) is 0.256. The lowest BCUT2D eigenvalue weighted by atomic mass is 10.1. The second-order valence-electron chi connectivity index (χ2n) is 3.23. The summed E-state index contributed by atoms with van der Waals surface area (Å²) in [5.74, 6) is 2.35. The zero-order chi connectivity index (χ0) is 10.4. The van der Waals surface area contributed by atoms with E-state index in [0.29, 0.717) is 6.04 Å². The van der Waals surface area contributed by atoms with Gasteiger partial charge in [0, 0.05) is 11.5 Å². The van der Waals surface area contributed by atoms with Crippen LogP contribution in [0.1, 0.15) is 32.4 Å². The molecule has 0 N–H and O–H groups in total. The highest BCUT2D eigenvalue weighted by molar-refractivity contribution is 7.87. The molecule has 1 nitrogen and oxygen atoms in total. The van der Waals surface area contributed by atoms with Crippen LogP contribution in [0.4, 0.5) is 0 Å². The standard InChI is InChI=1S/C12H19NS/c1-4-14(5-2)13-11(3)12-9-7-6-8-10-12/h6-11H,4-5H2,1-3H3. The smallest absolute Gasteiger partial charge is 0.0789 e. The second kappa shape index (κ2) is 5.97. The first-order valence-electron chi connectivity index (χ1n) is 5.21. The average Bonchev–Trinajstić information content (AvgIpc) is 2.26. The fourth-order valence-corrected chi connectivity index (χ4v) is 2.64. The van der Waals surface area contributed by atoms with E-state index in [1.807, 2.05) is 0 Å². The SMILES string of the molecule is CCS(CC)=NC(C)c1ccccc1. The van der Waals surface area contributed by atoms with E-state index in [1.54, 1.807) is 0 Å². The molecular weight excluding hydrogens is 190 g/mol. The van der Waals surface area contributed by atoms with E-state index < -0.39 is 0 Å². The summed E-state index contributed by atoms with van der Waals surface area (Å²) in [4.78, 5) is 0. The molecular formula is C12H19NS. The predicted octanol–water partition coefficient (Wildman–Crippen LogP) is 3.59. The van der Waals surface area contributed by atoms with Crippen molar-refractivity contribution in [3.8, 4) is 0 Å². The molecule has 1 atom stereocenters. The third-order valence-corrected chi connectivity index (χ3v) is 4.20. The first kappa shape index (κ1) is 11.4. The van der Waals surface area contributed by atoms with Gasteiger partial charge in [-0.1, -0.05) is 44.2 Å². The van der Waals surface area contributed by atoms with Gasteiger partial charge in [0.25, 0.3) is 0 Å². The van der Waals surface area contributed by atoms with Gasteiger partial charge in [0.15, 0.2) is 0 Å². The van der Waals surface area contributed by atoms with E-state index in [-0.39, 0.29) is 10.7 Å². The van der Waals surface area contributed by atoms with E-state index in [1.165, 1.54) is 17.1 Å². The minimum atomic E-state index is 0.256. The van der Waals surface area contributed by atoms with Gasteiger partial charge in [0.1, 0.15) is 0 Å². The highest BCUT2D eigenvalue weighted by Crippen LogP contribution is 2.17. The summed E-state index contributed by atoms with van der Waals surface area (Å²) < 4.78 is 4.81. The topological polar surface area (TPSA) is 12.4 Å². The van der Waals surface area contributed by atoms with Crippen LogP contribution < -0.4 is 0 Å². The van der Waals surface area contributed by atoms with Crippen LogP contribution in [0.3, 0.4) is 0 Å². The van der Waals surface area contributed by atoms with Gasteiger partial charge in [0.05, 0.1) is 6.04 Å². The van der Waals surface area contributed by atoms with Crippen LogP contribution in [0.25, 0.3) is 0 Å². The van der Waals surface area contributed by atoms with Crippen LogP contribution in [-0.2, 0) is 10.7 Å². The van der Waals surface area contributed by atoms with Crippen molar-refractivity contribution in [1.82, 2.24) is 0 Å². The summed E-state index contributed by atoms with van der Waals surface area (Å²) in [6.45, 7) is 6.61. The number of nitrogens with zero attached hydrogens (tertiary/aromatic N) is 1. The van der Waals surface area contributed by atoms with Crippen molar-refractivity contribution in [1.29, 1.82) is 0 Å². The summed E-state index contributed by atoms with van der Waals surface area (Å²) in [5, 5.41) is 0. The van der Waals surface area contributed by atoms with Crippen LogP contribution in [0.15, 0.2) is 34.7 Å². The molecule has 2 heteroatoms. The number of hydrogen-bond donors (Lipinski definition) is 0. The molecule has 0 fully saturated rings. The van der Waals surface area contributed by atoms with Crippen molar-refractivity contribution in [2.45, 2.75) is 26.8 Å². The molecule has 1 aromatic rings.